The van der Waals surface area contributed by atoms with Crippen LogP contribution in [0.15, 0.2) is 36.8 Å². The number of rotatable bonds is 3. The summed E-state index contributed by atoms with van der Waals surface area (Å²) >= 11 is 5.91. The zero-order chi connectivity index (χ0) is 17.8. The van der Waals surface area contributed by atoms with Gasteiger partial charge in [-0.1, -0.05) is 17.7 Å². The monoisotopic (exact) mass is 362 g/mol. The van der Waals surface area contributed by atoms with Crippen LogP contribution in [0.25, 0.3) is 0 Å². The average molecular weight is 363 g/mol. The predicted octanol–water partition coefficient (Wildman–Crippen LogP) is 2.30. The molecule has 0 saturated carbocycles. The molecule has 1 aliphatic heterocycles. The molecule has 2 aromatic rings. The highest BCUT2D eigenvalue weighted by molar-refractivity contribution is 6.33. The zero-order valence-electron chi connectivity index (χ0n) is 13.3. The van der Waals surface area contributed by atoms with E-state index in [1.165, 1.54) is 36.8 Å². The van der Waals surface area contributed by atoms with Gasteiger partial charge in [-0.3, -0.25) is 14.6 Å². The van der Waals surface area contributed by atoms with Gasteiger partial charge in [-0.05, 0) is 25.0 Å². The fourth-order valence-electron chi connectivity index (χ4n) is 2.77. The minimum absolute atomic E-state index is 0.0766. The molecule has 1 aliphatic rings. The first kappa shape index (κ1) is 17.3. The Kier molecular flexibility index (Phi) is 5.23. The summed E-state index contributed by atoms with van der Waals surface area (Å²) in [4.78, 5) is 34.1. The summed E-state index contributed by atoms with van der Waals surface area (Å²) in [6.07, 6.45) is 5.55. The van der Waals surface area contributed by atoms with Crippen molar-refractivity contribution in [2.45, 2.75) is 18.9 Å². The Bertz CT molecular complexity index is 759. The lowest BCUT2D eigenvalue weighted by molar-refractivity contribution is 0.0691. The summed E-state index contributed by atoms with van der Waals surface area (Å²) in [5, 5.41) is 2.86. The molecule has 1 aromatic carbocycles. The van der Waals surface area contributed by atoms with Gasteiger partial charge in [0.05, 0.1) is 16.8 Å². The number of carbonyl (C=O) groups excluding carboxylic acids is 2. The largest absolute Gasteiger partial charge is 0.349 e. The number of hydrogen-bond acceptors (Lipinski definition) is 4. The highest BCUT2D eigenvalue weighted by Gasteiger charge is 2.26. The molecule has 1 N–H and O–H groups in total. The zero-order valence-corrected chi connectivity index (χ0v) is 14.0. The van der Waals surface area contributed by atoms with Crippen LogP contribution in [0.2, 0.25) is 5.02 Å². The number of nitrogens with zero attached hydrogens (tertiary/aromatic N) is 3. The number of halogens is 2. The van der Waals surface area contributed by atoms with E-state index in [1.807, 2.05) is 0 Å². The Hall–Kier alpha value is -2.54. The van der Waals surface area contributed by atoms with Gasteiger partial charge in [0, 0.05) is 31.5 Å². The molecule has 2 amide bonds. The van der Waals surface area contributed by atoms with E-state index in [1.54, 1.807) is 4.90 Å². The fourth-order valence-corrected chi connectivity index (χ4v) is 3.02. The van der Waals surface area contributed by atoms with Crippen LogP contribution in [0.4, 0.5) is 4.39 Å². The van der Waals surface area contributed by atoms with E-state index in [-0.39, 0.29) is 22.5 Å². The van der Waals surface area contributed by atoms with Crippen molar-refractivity contribution in [1.82, 2.24) is 20.2 Å². The summed E-state index contributed by atoms with van der Waals surface area (Å²) in [5.41, 5.74) is 0.144. The molecule has 0 bridgehead atoms. The van der Waals surface area contributed by atoms with Gasteiger partial charge in [-0.15, -0.1) is 0 Å². The summed E-state index contributed by atoms with van der Waals surface area (Å²) in [7, 11) is 0. The third-order valence-corrected chi connectivity index (χ3v) is 4.40. The van der Waals surface area contributed by atoms with Crippen molar-refractivity contribution < 1.29 is 14.0 Å². The number of hydrogen-bond donors (Lipinski definition) is 1. The van der Waals surface area contributed by atoms with Crippen LogP contribution >= 0.6 is 11.6 Å². The van der Waals surface area contributed by atoms with Crippen molar-refractivity contribution in [2.75, 3.05) is 13.1 Å². The lowest BCUT2D eigenvalue weighted by atomic mass is 10.0. The Morgan fingerprint density at radius 2 is 2.00 bits per heavy atom. The molecular formula is C17H16ClFN4O2. The van der Waals surface area contributed by atoms with Gasteiger partial charge in [0.15, 0.2) is 0 Å². The maximum Gasteiger partial charge on any atom is 0.274 e. The molecule has 1 fully saturated rings. The second-order valence-corrected chi connectivity index (χ2v) is 6.13. The van der Waals surface area contributed by atoms with Crippen LogP contribution < -0.4 is 5.32 Å². The number of amides is 2. The van der Waals surface area contributed by atoms with Crippen molar-refractivity contribution >= 4 is 23.4 Å². The van der Waals surface area contributed by atoms with E-state index in [0.717, 1.165) is 0 Å². The van der Waals surface area contributed by atoms with Gasteiger partial charge in [0.1, 0.15) is 11.5 Å². The van der Waals surface area contributed by atoms with Crippen molar-refractivity contribution in [3.63, 3.8) is 0 Å². The van der Waals surface area contributed by atoms with Gasteiger partial charge >= 0.3 is 0 Å². The summed E-state index contributed by atoms with van der Waals surface area (Å²) in [5.74, 6) is -1.38. The second-order valence-electron chi connectivity index (χ2n) is 5.73. The number of aromatic nitrogens is 2. The first-order valence-corrected chi connectivity index (χ1v) is 8.24. The lowest BCUT2D eigenvalue weighted by Gasteiger charge is -2.32. The van der Waals surface area contributed by atoms with Gasteiger partial charge in [-0.2, -0.15) is 0 Å². The molecule has 0 atom stereocenters. The normalized spacial score (nSPS) is 15.0. The molecule has 0 aliphatic carbocycles. The number of piperidine rings is 1. The van der Waals surface area contributed by atoms with Crippen LogP contribution in [0.5, 0.6) is 0 Å². The van der Waals surface area contributed by atoms with Gasteiger partial charge < -0.3 is 10.2 Å². The van der Waals surface area contributed by atoms with E-state index >= 15 is 0 Å². The molecule has 130 valence electrons. The highest BCUT2D eigenvalue weighted by atomic mass is 35.5. The predicted molar refractivity (Wildman–Crippen MR) is 89.8 cm³/mol. The standard InChI is InChI=1S/C17H16ClFN4O2/c18-12-2-1-3-13(19)15(12)16(24)22-11-4-8-23(9-5-11)17(25)14-10-20-6-7-21-14/h1-3,6-7,10-11H,4-5,8-9H2,(H,22,24). The fraction of sp³-hybridized carbons (Fsp3) is 0.294. The van der Waals surface area contributed by atoms with Gasteiger partial charge in [0.25, 0.3) is 11.8 Å². The van der Waals surface area contributed by atoms with Crippen LogP contribution in [0.3, 0.4) is 0 Å². The molecule has 1 aromatic heterocycles. The van der Waals surface area contributed by atoms with E-state index < -0.39 is 11.7 Å². The minimum Gasteiger partial charge on any atom is -0.349 e. The smallest absolute Gasteiger partial charge is 0.274 e. The lowest BCUT2D eigenvalue weighted by Crippen LogP contribution is -2.46. The van der Waals surface area contributed by atoms with E-state index in [2.05, 4.69) is 15.3 Å². The number of likely N-dealkylation sites (tertiary alicyclic amines) is 1. The van der Waals surface area contributed by atoms with Crippen LogP contribution in [0, 0.1) is 5.82 Å². The molecule has 0 unspecified atom stereocenters. The molecule has 25 heavy (non-hydrogen) atoms. The highest BCUT2D eigenvalue weighted by Crippen LogP contribution is 2.20. The summed E-state index contributed by atoms with van der Waals surface area (Å²) in [6.45, 7) is 0.955. The van der Waals surface area contributed by atoms with Crippen molar-refractivity contribution in [3.8, 4) is 0 Å². The van der Waals surface area contributed by atoms with Crippen molar-refractivity contribution in [3.05, 3.63) is 58.9 Å². The van der Waals surface area contributed by atoms with Crippen LogP contribution in [-0.2, 0) is 0 Å². The topological polar surface area (TPSA) is 75.2 Å². The number of benzene rings is 1. The van der Waals surface area contributed by atoms with Gasteiger partial charge in [-0.25, -0.2) is 9.37 Å². The van der Waals surface area contributed by atoms with E-state index in [0.29, 0.717) is 31.6 Å². The van der Waals surface area contributed by atoms with Crippen LogP contribution in [-0.4, -0.2) is 45.8 Å². The quantitative estimate of drug-likeness (QED) is 0.909. The van der Waals surface area contributed by atoms with E-state index in [4.69, 9.17) is 11.6 Å². The Balaban J connectivity index is 1.58. The summed E-state index contributed by atoms with van der Waals surface area (Å²) in [6, 6.07) is 3.98. The third kappa shape index (κ3) is 3.93. The average Bonchev–Trinajstić information content (AvgIpc) is 2.62. The first-order valence-electron chi connectivity index (χ1n) is 7.86. The molecular weight excluding hydrogens is 347 g/mol. The second kappa shape index (κ2) is 7.57. The minimum atomic E-state index is -0.653. The van der Waals surface area contributed by atoms with E-state index in [9.17, 15) is 14.0 Å². The maximum absolute atomic E-state index is 13.8. The molecule has 8 heteroatoms. The van der Waals surface area contributed by atoms with Gasteiger partial charge in [0.2, 0.25) is 0 Å². The first-order chi connectivity index (χ1) is 12.1. The molecule has 0 radical (unpaired) electrons. The van der Waals surface area contributed by atoms with Crippen LogP contribution in [0.1, 0.15) is 33.7 Å². The molecule has 3 rings (SSSR count). The number of nitrogens with one attached hydrogen (secondary N) is 1. The third-order valence-electron chi connectivity index (χ3n) is 4.09. The number of carbonyl (C=O) groups is 2. The van der Waals surface area contributed by atoms with Crippen molar-refractivity contribution in [2.24, 2.45) is 0 Å². The molecule has 6 nitrogen and oxygen atoms in total. The summed E-state index contributed by atoms with van der Waals surface area (Å²) < 4.78 is 13.8. The van der Waals surface area contributed by atoms with Crippen molar-refractivity contribution in [1.29, 1.82) is 0 Å². The molecule has 1 saturated heterocycles. The molecule has 0 spiro atoms. The Morgan fingerprint density at radius 1 is 1.24 bits per heavy atom. The molecule has 2 heterocycles. The SMILES string of the molecule is O=C(NC1CCN(C(=O)c2cnccn2)CC1)c1c(F)cccc1Cl. The Morgan fingerprint density at radius 3 is 2.64 bits per heavy atom. The Labute approximate surface area is 149 Å². The maximum atomic E-state index is 13.8.